The average Bonchev–Trinajstić information content (AvgIpc) is 3.49. The fourth-order valence-corrected chi connectivity index (χ4v) is 5.50. The van der Waals surface area contributed by atoms with Crippen LogP contribution in [0.15, 0.2) is 95.6 Å². The predicted octanol–water partition coefficient (Wildman–Crippen LogP) is 8.53. The van der Waals surface area contributed by atoms with Crippen LogP contribution in [0.5, 0.6) is 0 Å². The van der Waals surface area contributed by atoms with Gasteiger partial charge < -0.3 is 0 Å². The molecule has 2 atom stereocenters. The van der Waals surface area contributed by atoms with Crippen molar-refractivity contribution >= 4 is 5.78 Å². The number of aryl methyl sites for hydroxylation is 1. The Morgan fingerprint density at radius 3 is 2.27 bits per heavy atom. The van der Waals surface area contributed by atoms with E-state index in [1.54, 1.807) is 18.2 Å². The molecule has 0 aromatic heterocycles. The number of benzene rings is 3. The first-order valence-corrected chi connectivity index (χ1v) is 12.4. The molecule has 37 heavy (non-hydrogen) atoms. The maximum atomic E-state index is 14.6. The van der Waals surface area contributed by atoms with Gasteiger partial charge in [0.1, 0.15) is 23.3 Å². The zero-order chi connectivity index (χ0) is 26.1. The monoisotopic (exact) mass is 502 g/mol. The fraction of sp³-hybridized carbons (Fsp3) is 0.219. The third kappa shape index (κ3) is 5.08. The molecule has 0 fully saturated rings. The van der Waals surface area contributed by atoms with E-state index in [1.807, 2.05) is 24.3 Å². The second kappa shape index (κ2) is 10.3. The Hall–Kier alpha value is -3.73. The Labute approximate surface area is 213 Å². The number of allylic oxidation sites excluding steroid dienone is 6. The summed E-state index contributed by atoms with van der Waals surface area (Å²) in [4.78, 5) is 13.6. The van der Waals surface area contributed by atoms with Gasteiger partial charge in [-0.3, -0.25) is 4.79 Å². The van der Waals surface area contributed by atoms with Gasteiger partial charge in [-0.1, -0.05) is 65.8 Å². The smallest absolute Gasteiger partial charge is 0.195 e. The third-order valence-corrected chi connectivity index (χ3v) is 7.46. The molecule has 0 saturated heterocycles. The van der Waals surface area contributed by atoms with Gasteiger partial charge in [0.25, 0.3) is 0 Å². The second-order valence-corrected chi connectivity index (χ2v) is 9.73. The molecule has 2 aliphatic rings. The van der Waals surface area contributed by atoms with Crippen LogP contribution in [0.4, 0.5) is 17.6 Å². The highest BCUT2D eigenvalue weighted by Gasteiger charge is 2.36. The minimum atomic E-state index is -1.23. The molecule has 1 nitrogen and oxygen atoms in total. The summed E-state index contributed by atoms with van der Waals surface area (Å²) >= 11 is 0. The second-order valence-electron chi connectivity index (χ2n) is 9.73. The van der Waals surface area contributed by atoms with E-state index in [1.165, 1.54) is 23.3 Å². The molecule has 0 N–H and O–H groups in total. The summed E-state index contributed by atoms with van der Waals surface area (Å²) in [6.07, 6.45) is 9.06. The molecule has 0 heterocycles. The molecule has 2 unspecified atom stereocenters. The van der Waals surface area contributed by atoms with E-state index in [0.29, 0.717) is 18.6 Å². The van der Waals surface area contributed by atoms with Crippen LogP contribution < -0.4 is 0 Å². The lowest BCUT2D eigenvalue weighted by Gasteiger charge is -2.20. The highest BCUT2D eigenvalue weighted by molar-refractivity contribution is 6.10. The highest BCUT2D eigenvalue weighted by Crippen LogP contribution is 2.46. The van der Waals surface area contributed by atoms with Gasteiger partial charge in [0.2, 0.25) is 0 Å². The van der Waals surface area contributed by atoms with Gasteiger partial charge >= 0.3 is 0 Å². The van der Waals surface area contributed by atoms with Crippen molar-refractivity contribution in [3.63, 3.8) is 0 Å². The molecule has 3 aromatic rings. The topological polar surface area (TPSA) is 17.1 Å². The van der Waals surface area contributed by atoms with Crippen molar-refractivity contribution in [2.45, 2.75) is 44.4 Å². The molecule has 5 heteroatoms. The lowest BCUT2D eigenvalue weighted by atomic mass is 9.83. The lowest BCUT2D eigenvalue weighted by Crippen LogP contribution is -2.14. The van der Waals surface area contributed by atoms with Crippen LogP contribution in [-0.4, -0.2) is 5.78 Å². The molecular weight excluding hydrogens is 476 g/mol. The third-order valence-electron chi connectivity index (χ3n) is 7.46. The van der Waals surface area contributed by atoms with Gasteiger partial charge in [-0.05, 0) is 61.4 Å². The summed E-state index contributed by atoms with van der Waals surface area (Å²) in [5.41, 5.74) is 4.96. The molecule has 5 rings (SSSR count). The van der Waals surface area contributed by atoms with E-state index < -0.39 is 34.7 Å². The van der Waals surface area contributed by atoms with Gasteiger partial charge in [0, 0.05) is 29.5 Å². The highest BCUT2D eigenvalue weighted by atomic mass is 19.1. The molecule has 0 saturated carbocycles. The number of hydrogen-bond acceptors (Lipinski definition) is 1. The van der Waals surface area contributed by atoms with Crippen molar-refractivity contribution in [2.24, 2.45) is 0 Å². The van der Waals surface area contributed by atoms with E-state index in [9.17, 15) is 22.4 Å². The molecule has 0 amide bonds. The van der Waals surface area contributed by atoms with Crippen molar-refractivity contribution in [2.75, 3.05) is 0 Å². The van der Waals surface area contributed by atoms with Crippen LogP contribution in [0.2, 0.25) is 0 Å². The van der Waals surface area contributed by atoms with E-state index in [-0.39, 0.29) is 17.3 Å². The fourth-order valence-electron chi connectivity index (χ4n) is 5.50. The largest absolute Gasteiger partial charge is 0.289 e. The molecule has 0 aliphatic heterocycles. The first-order chi connectivity index (χ1) is 17.8. The van der Waals surface area contributed by atoms with E-state index in [4.69, 9.17) is 0 Å². The molecular formula is C32H26F4O. The Bertz CT molecular complexity index is 1420. The Morgan fingerprint density at radius 2 is 1.59 bits per heavy atom. The number of halogens is 4. The standard InChI is InChI=1S/C32H26F4O/c1-19-5-4-7-20(19)9-10-22-6-2-3-8-26(22)27-15-23(21-11-13-24(33)14-12-21)16-28(27)32(37)31-29(35)17-25(34)18-30(31)36/h2-6,8,11-14,16-18,23,27H,7,9-10,15H2,1H3. The minimum absolute atomic E-state index is 0.242. The van der Waals surface area contributed by atoms with E-state index in [0.717, 1.165) is 36.0 Å². The SMILES string of the molecule is CC1=C(CCc2ccccc2C2CC(c3ccc(F)cc3)C=C2C(=O)c2c(F)cc(F)cc2F)CC=C1. The first-order valence-electron chi connectivity index (χ1n) is 12.4. The van der Waals surface area contributed by atoms with Crippen LogP contribution in [0.3, 0.4) is 0 Å². The van der Waals surface area contributed by atoms with Gasteiger partial charge in [0.15, 0.2) is 5.78 Å². The van der Waals surface area contributed by atoms with Crippen molar-refractivity contribution in [1.29, 1.82) is 0 Å². The summed E-state index contributed by atoms with van der Waals surface area (Å²) < 4.78 is 56.4. The van der Waals surface area contributed by atoms with Crippen LogP contribution >= 0.6 is 0 Å². The average molecular weight is 503 g/mol. The maximum absolute atomic E-state index is 14.6. The zero-order valence-corrected chi connectivity index (χ0v) is 20.4. The van der Waals surface area contributed by atoms with Crippen molar-refractivity contribution in [3.05, 3.63) is 141 Å². The Kier molecular flexibility index (Phi) is 6.96. The minimum Gasteiger partial charge on any atom is -0.289 e. The maximum Gasteiger partial charge on any atom is 0.195 e. The molecule has 188 valence electrons. The van der Waals surface area contributed by atoms with Crippen LogP contribution in [0.25, 0.3) is 0 Å². The Balaban J connectivity index is 1.54. The summed E-state index contributed by atoms with van der Waals surface area (Å²) in [6.45, 7) is 2.10. The zero-order valence-electron chi connectivity index (χ0n) is 20.4. The number of carbonyl (C=O) groups is 1. The lowest BCUT2D eigenvalue weighted by molar-refractivity contribution is 0.102. The van der Waals surface area contributed by atoms with Crippen molar-refractivity contribution in [3.8, 4) is 0 Å². The van der Waals surface area contributed by atoms with Gasteiger partial charge in [0.05, 0.1) is 5.56 Å². The van der Waals surface area contributed by atoms with Gasteiger partial charge in [-0.25, -0.2) is 17.6 Å². The summed E-state index contributed by atoms with van der Waals surface area (Å²) in [7, 11) is 0. The van der Waals surface area contributed by atoms with Gasteiger partial charge in [-0.15, -0.1) is 0 Å². The number of carbonyl (C=O) groups excluding carboxylic acids is 1. The van der Waals surface area contributed by atoms with Crippen LogP contribution in [0.1, 0.15) is 65.1 Å². The molecule has 0 spiro atoms. The van der Waals surface area contributed by atoms with Crippen molar-refractivity contribution < 1.29 is 22.4 Å². The molecule has 2 aliphatic carbocycles. The van der Waals surface area contributed by atoms with E-state index in [2.05, 4.69) is 19.1 Å². The van der Waals surface area contributed by atoms with Gasteiger partial charge in [-0.2, -0.15) is 0 Å². The molecule has 0 bridgehead atoms. The number of ketones is 1. The van der Waals surface area contributed by atoms with Crippen LogP contribution in [-0.2, 0) is 6.42 Å². The Morgan fingerprint density at radius 1 is 0.892 bits per heavy atom. The van der Waals surface area contributed by atoms with Crippen molar-refractivity contribution in [1.82, 2.24) is 0 Å². The predicted molar refractivity (Wildman–Crippen MR) is 136 cm³/mol. The summed E-state index contributed by atoms with van der Waals surface area (Å²) in [5, 5.41) is 0. The molecule has 0 radical (unpaired) electrons. The first kappa shape index (κ1) is 24.9. The van der Waals surface area contributed by atoms with Crippen LogP contribution in [0, 0.1) is 23.3 Å². The molecule has 3 aromatic carbocycles. The number of hydrogen-bond donors (Lipinski definition) is 0. The normalized spacial score (nSPS) is 19.0. The number of Topliss-reactive ketones (excluding diaryl/α,β-unsaturated/α-hetero) is 1. The summed E-state index contributed by atoms with van der Waals surface area (Å²) in [6, 6.07) is 14.9. The van der Waals surface area contributed by atoms with E-state index >= 15 is 0 Å². The number of rotatable bonds is 7. The quantitative estimate of drug-likeness (QED) is 0.234. The summed E-state index contributed by atoms with van der Waals surface area (Å²) in [5.74, 6) is -5.35.